The summed E-state index contributed by atoms with van der Waals surface area (Å²) in [5.41, 5.74) is -0.428. The van der Waals surface area contributed by atoms with E-state index in [0.717, 1.165) is 43.2 Å². The highest BCUT2D eigenvalue weighted by molar-refractivity contribution is 6.31. The first-order valence-electron chi connectivity index (χ1n) is 14.1. The third kappa shape index (κ3) is 6.23. The van der Waals surface area contributed by atoms with Crippen molar-refractivity contribution >= 4 is 29.1 Å². The summed E-state index contributed by atoms with van der Waals surface area (Å²) in [5.74, 6) is 0.189. The summed E-state index contributed by atoms with van der Waals surface area (Å²) >= 11 is 5.81. The lowest BCUT2D eigenvalue weighted by atomic mass is 10.0. The maximum absolute atomic E-state index is 14.7. The quantitative estimate of drug-likeness (QED) is 0.226. The molecule has 2 fully saturated rings. The fourth-order valence-electron chi connectivity index (χ4n) is 5.53. The van der Waals surface area contributed by atoms with Gasteiger partial charge in [0.15, 0.2) is 5.82 Å². The van der Waals surface area contributed by atoms with E-state index in [0.29, 0.717) is 36.1 Å². The van der Waals surface area contributed by atoms with E-state index in [-0.39, 0.29) is 29.1 Å². The van der Waals surface area contributed by atoms with Gasteiger partial charge in [0.2, 0.25) is 5.95 Å². The van der Waals surface area contributed by atoms with Gasteiger partial charge in [-0.2, -0.15) is 5.10 Å². The van der Waals surface area contributed by atoms with E-state index in [1.54, 1.807) is 23.3 Å². The first-order valence-corrected chi connectivity index (χ1v) is 14.4. The number of carbonyl (C=O) groups is 1. The third-order valence-electron chi connectivity index (χ3n) is 7.92. The number of alkyl halides is 2. The maximum Gasteiger partial charge on any atom is 0.275 e. The SMILES string of the molecule is CC(CO)NC[C@@H]1[C@@H]2C[C@@H]2CN1c1ncc(Cn2cc(NC(=O)c3cncc(-c4c(C(F)F)ccc(Cl)c4F)n3)cn2)cn1. The molecule has 1 unspecified atom stereocenters. The lowest BCUT2D eigenvalue weighted by Gasteiger charge is -2.28. The zero-order valence-electron chi connectivity index (χ0n) is 23.5. The van der Waals surface area contributed by atoms with Crippen molar-refractivity contribution in [3.63, 3.8) is 0 Å². The molecule has 1 aromatic carbocycles. The Kier molecular flexibility index (Phi) is 8.47. The number of benzene rings is 1. The van der Waals surface area contributed by atoms with Crippen LogP contribution in [0.3, 0.4) is 0 Å². The smallest absolute Gasteiger partial charge is 0.275 e. The van der Waals surface area contributed by atoms with Crippen LogP contribution in [0, 0.1) is 17.7 Å². The Morgan fingerprint density at radius 1 is 1.18 bits per heavy atom. The summed E-state index contributed by atoms with van der Waals surface area (Å²) in [4.78, 5) is 32.3. The normalized spacial score (nSPS) is 19.7. The van der Waals surface area contributed by atoms with E-state index < -0.39 is 29.3 Å². The number of nitrogens with zero attached hydrogens (tertiary/aromatic N) is 7. The fraction of sp³-hybridized carbons (Fsp3) is 0.379. The van der Waals surface area contributed by atoms with Gasteiger partial charge in [0, 0.05) is 60.5 Å². The number of anilines is 2. The second-order valence-corrected chi connectivity index (χ2v) is 11.5. The van der Waals surface area contributed by atoms with Crippen molar-refractivity contribution in [2.45, 2.75) is 38.4 Å². The summed E-state index contributed by atoms with van der Waals surface area (Å²) < 4.78 is 43.4. The van der Waals surface area contributed by atoms with Gasteiger partial charge in [-0.05, 0) is 31.2 Å². The van der Waals surface area contributed by atoms with E-state index in [9.17, 15) is 23.1 Å². The summed E-state index contributed by atoms with van der Waals surface area (Å²) in [6, 6.07) is 2.37. The molecule has 1 amide bonds. The Morgan fingerprint density at radius 3 is 2.73 bits per heavy atom. The van der Waals surface area contributed by atoms with E-state index in [1.165, 1.54) is 12.6 Å². The molecule has 1 saturated carbocycles. The summed E-state index contributed by atoms with van der Waals surface area (Å²) in [6.45, 7) is 4.06. The van der Waals surface area contributed by atoms with Crippen LogP contribution in [0.25, 0.3) is 11.3 Å². The molecule has 4 aromatic rings. The second kappa shape index (κ2) is 12.5. The van der Waals surface area contributed by atoms with Crippen LogP contribution in [0.1, 0.15) is 41.4 Å². The minimum absolute atomic E-state index is 0.0272. The van der Waals surface area contributed by atoms with Gasteiger partial charge < -0.3 is 20.6 Å². The maximum atomic E-state index is 14.7. The summed E-state index contributed by atoms with van der Waals surface area (Å²) in [7, 11) is 0. The molecule has 230 valence electrons. The Labute approximate surface area is 255 Å². The van der Waals surface area contributed by atoms with Gasteiger partial charge in [0.05, 0.1) is 48.1 Å². The van der Waals surface area contributed by atoms with Crippen molar-refractivity contribution in [2.75, 3.05) is 29.9 Å². The van der Waals surface area contributed by atoms with Crippen LogP contribution in [0.4, 0.5) is 24.8 Å². The summed E-state index contributed by atoms with van der Waals surface area (Å²) in [5, 5.41) is 19.3. The van der Waals surface area contributed by atoms with Crippen LogP contribution in [0.15, 0.2) is 49.3 Å². The molecule has 3 N–H and O–H groups in total. The van der Waals surface area contributed by atoms with Crippen molar-refractivity contribution in [1.82, 2.24) is 35.0 Å². The van der Waals surface area contributed by atoms with E-state index in [4.69, 9.17) is 11.6 Å². The lowest BCUT2D eigenvalue weighted by molar-refractivity contribution is 0.102. The van der Waals surface area contributed by atoms with Crippen molar-refractivity contribution in [3.05, 3.63) is 77.0 Å². The highest BCUT2D eigenvalue weighted by Gasteiger charge is 2.53. The van der Waals surface area contributed by atoms with Crippen LogP contribution in [-0.2, 0) is 6.54 Å². The lowest BCUT2D eigenvalue weighted by Crippen LogP contribution is -2.45. The van der Waals surface area contributed by atoms with E-state index in [1.807, 2.05) is 6.92 Å². The molecule has 4 heterocycles. The van der Waals surface area contributed by atoms with Crippen molar-refractivity contribution in [2.24, 2.45) is 11.8 Å². The number of aliphatic hydroxyl groups is 1. The number of halogens is 4. The monoisotopic (exact) mass is 627 g/mol. The van der Waals surface area contributed by atoms with Crippen LogP contribution in [0.5, 0.6) is 0 Å². The van der Waals surface area contributed by atoms with Crippen LogP contribution < -0.4 is 15.5 Å². The van der Waals surface area contributed by atoms with Crippen LogP contribution in [0.2, 0.25) is 5.02 Å². The van der Waals surface area contributed by atoms with Gasteiger partial charge >= 0.3 is 0 Å². The number of piperidine rings is 1. The first kappa shape index (κ1) is 29.9. The number of aromatic nitrogens is 6. The topological polar surface area (TPSA) is 134 Å². The third-order valence-corrected chi connectivity index (χ3v) is 8.21. The molecule has 1 aliphatic carbocycles. The Hall–Kier alpha value is -4.14. The highest BCUT2D eigenvalue weighted by Crippen LogP contribution is 2.50. The van der Waals surface area contributed by atoms with Gasteiger partial charge in [-0.1, -0.05) is 17.7 Å². The molecule has 44 heavy (non-hydrogen) atoms. The predicted octanol–water partition coefficient (Wildman–Crippen LogP) is 3.96. The molecule has 3 aromatic heterocycles. The van der Waals surface area contributed by atoms with Gasteiger partial charge in [-0.25, -0.2) is 28.1 Å². The van der Waals surface area contributed by atoms with E-state index >= 15 is 0 Å². The number of aliphatic hydroxyl groups excluding tert-OH is 1. The molecule has 0 spiro atoms. The van der Waals surface area contributed by atoms with Gasteiger partial charge in [-0.15, -0.1) is 0 Å². The van der Waals surface area contributed by atoms with Gasteiger partial charge in [0.25, 0.3) is 12.3 Å². The number of amides is 1. The number of carbonyl (C=O) groups excluding carboxylic acids is 1. The molecule has 0 bridgehead atoms. The molecular weight excluding hydrogens is 599 g/mol. The minimum Gasteiger partial charge on any atom is -0.395 e. The molecule has 6 rings (SSSR count). The molecule has 1 saturated heterocycles. The second-order valence-electron chi connectivity index (χ2n) is 11.1. The van der Waals surface area contributed by atoms with Crippen LogP contribution >= 0.6 is 11.6 Å². The fourth-order valence-corrected chi connectivity index (χ4v) is 5.69. The molecule has 15 heteroatoms. The largest absolute Gasteiger partial charge is 0.395 e. The van der Waals surface area contributed by atoms with Gasteiger partial charge in [-0.3, -0.25) is 14.5 Å². The Bertz CT molecular complexity index is 1660. The number of hydrogen-bond acceptors (Lipinski definition) is 9. The number of fused-ring (bicyclic) bond motifs is 1. The van der Waals surface area contributed by atoms with Crippen molar-refractivity contribution in [1.29, 1.82) is 0 Å². The molecule has 1 aliphatic heterocycles. The van der Waals surface area contributed by atoms with Crippen molar-refractivity contribution < 1.29 is 23.1 Å². The molecule has 2 aliphatic rings. The Balaban J connectivity index is 1.10. The van der Waals surface area contributed by atoms with E-state index in [2.05, 4.69) is 40.6 Å². The summed E-state index contributed by atoms with van der Waals surface area (Å²) in [6.07, 6.45) is 6.99. The number of nitrogens with one attached hydrogen (secondary N) is 2. The molecule has 11 nitrogen and oxygen atoms in total. The minimum atomic E-state index is -2.99. The Morgan fingerprint density at radius 2 is 1.98 bits per heavy atom. The van der Waals surface area contributed by atoms with Crippen LogP contribution in [-0.4, -0.2) is 72.5 Å². The number of hydrogen-bond donors (Lipinski definition) is 3. The average Bonchev–Trinajstić information content (AvgIpc) is 3.50. The van der Waals surface area contributed by atoms with Gasteiger partial charge in [0.1, 0.15) is 5.69 Å². The zero-order valence-corrected chi connectivity index (χ0v) is 24.3. The highest BCUT2D eigenvalue weighted by atomic mass is 35.5. The molecule has 4 atom stereocenters. The number of rotatable bonds is 11. The molecular formula is C29H29ClF3N9O2. The first-order chi connectivity index (χ1) is 21.2. The van der Waals surface area contributed by atoms with Crippen molar-refractivity contribution in [3.8, 4) is 11.3 Å². The zero-order chi connectivity index (χ0) is 31.0. The average molecular weight is 628 g/mol. The standard InChI is InChI=1S/C29H29ClF3N9O2/c1-15(14-43)35-10-24-20-4-17(20)12-42(24)29-36-5-16(6-37-29)11-41-13-18(7-38-41)39-28(44)23-9-34-8-22(40-23)25-19(27(32)33)2-3-21(30)26(25)31/h2-3,5-9,13,15,17,20,24,27,35,43H,4,10-12,14H2,1H3,(H,39,44)/t15?,17-,20-,24-/m1/s1. The molecule has 0 radical (unpaired) electrons. The predicted molar refractivity (Wildman–Crippen MR) is 156 cm³/mol.